The fraction of sp³-hybridized carbons (Fsp3) is 0.135. The van der Waals surface area contributed by atoms with E-state index >= 15 is 0 Å². The normalized spacial score (nSPS) is 14.8. The van der Waals surface area contributed by atoms with Gasteiger partial charge >= 0.3 is 0 Å². The van der Waals surface area contributed by atoms with Gasteiger partial charge in [0.1, 0.15) is 0 Å². The van der Waals surface area contributed by atoms with Crippen LogP contribution in [0.15, 0.2) is 122 Å². The molecule has 1 N–H and O–H groups in total. The Kier molecular flexibility index (Phi) is 5.87. The molecule has 8 nitrogen and oxygen atoms in total. The number of fused-ring (bicyclic) bond motifs is 1. The van der Waals surface area contributed by atoms with Gasteiger partial charge in [-0.05, 0) is 58.5 Å². The Labute approximate surface area is 272 Å². The number of benzene rings is 4. The lowest BCUT2D eigenvalue weighted by molar-refractivity contribution is 0.918. The number of nitrogens with zero attached hydrogens (tertiary/aromatic N) is 7. The summed E-state index contributed by atoms with van der Waals surface area (Å²) in [6.45, 7) is -3.42. The van der Waals surface area contributed by atoms with Crippen LogP contribution in [0.5, 0.6) is 0 Å². The molecule has 0 spiro atoms. The highest BCUT2D eigenvalue weighted by Gasteiger charge is 2.28. The molecular formula is C37H34N8. The zero-order valence-corrected chi connectivity index (χ0v) is 24.6. The average molecular weight is 597 g/mol. The van der Waals surface area contributed by atoms with Crippen LogP contribution >= 0.6 is 0 Å². The molecule has 4 aromatic carbocycles. The summed E-state index contributed by atoms with van der Waals surface area (Å²) in [6, 6.07) is 32.3. The zero-order chi connectivity index (χ0) is 35.8. The standard InChI is InChI=1S/C37H34N8/c1-26-35(39-18-17-38-26)43(2)24-42-30-21-29(22-31(23-30)45-25-44(3)36-37(45)41-20-19-40-36)34-32(27-11-6-4-7-12-27)15-10-16-33(34)28-13-8-5-9-14-28/h4-23,42H,24-25H2,1-3H3/i2D3,3D3. The van der Waals surface area contributed by atoms with Crippen LogP contribution in [-0.2, 0) is 0 Å². The largest absolute Gasteiger partial charge is 0.368 e. The van der Waals surface area contributed by atoms with Crippen molar-refractivity contribution in [1.82, 2.24) is 19.9 Å². The first kappa shape index (κ1) is 21.9. The van der Waals surface area contributed by atoms with Gasteiger partial charge in [-0.1, -0.05) is 78.9 Å². The predicted octanol–water partition coefficient (Wildman–Crippen LogP) is 7.63. The number of anilines is 5. The van der Waals surface area contributed by atoms with E-state index in [-0.39, 0.29) is 25.0 Å². The maximum Gasteiger partial charge on any atom is 0.178 e. The number of hydrogen-bond donors (Lipinski definition) is 1. The summed E-state index contributed by atoms with van der Waals surface area (Å²) in [6.07, 6.45) is 6.00. The molecule has 0 saturated carbocycles. The Hall–Kier alpha value is -5.76. The quantitative estimate of drug-likeness (QED) is 0.180. The third-order valence-corrected chi connectivity index (χ3v) is 7.76. The summed E-state index contributed by atoms with van der Waals surface area (Å²) in [5.41, 5.74) is 7.50. The summed E-state index contributed by atoms with van der Waals surface area (Å²) >= 11 is 0. The molecule has 3 heterocycles. The van der Waals surface area contributed by atoms with E-state index in [1.807, 2.05) is 65.6 Å². The highest BCUT2D eigenvalue weighted by atomic mass is 15.4. The molecule has 0 radical (unpaired) electrons. The van der Waals surface area contributed by atoms with Crippen LogP contribution in [0.2, 0.25) is 0 Å². The topological polar surface area (TPSA) is 73.3 Å². The Morgan fingerprint density at radius 1 is 0.733 bits per heavy atom. The summed E-state index contributed by atoms with van der Waals surface area (Å²) < 4.78 is 49.7. The van der Waals surface area contributed by atoms with Gasteiger partial charge in [0.05, 0.1) is 19.0 Å². The minimum absolute atomic E-state index is 0.0230. The van der Waals surface area contributed by atoms with Crippen molar-refractivity contribution in [3.63, 3.8) is 0 Å². The first-order valence-corrected chi connectivity index (χ1v) is 14.5. The molecule has 222 valence electrons. The fourth-order valence-electron chi connectivity index (χ4n) is 5.69. The van der Waals surface area contributed by atoms with Crippen molar-refractivity contribution in [1.29, 1.82) is 0 Å². The lowest BCUT2D eigenvalue weighted by Gasteiger charge is -2.24. The number of hydrogen-bond acceptors (Lipinski definition) is 8. The molecule has 0 saturated heterocycles. The first-order chi connectivity index (χ1) is 24.5. The van der Waals surface area contributed by atoms with Gasteiger partial charge in [0.2, 0.25) is 0 Å². The first-order valence-electron chi connectivity index (χ1n) is 17.5. The third kappa shape index (κ3) is 5.54. The number of rotatable bonds is 8. The van der Waals surface area contributed by atoms with Gasteiger partial charge in [-0.25, -0.2) is 15.0 Å². The van der Waals surface area contributed by atoms with Crippen molar-refractivity contribution in [3.05, 3.63) is 128 Å². The zero-order valence-electron chi connectivity index (χ0n) is 30.6. The maximum atomic E-state index is 8.32. The second-order valence-corrected chi connectivity index (χ2v) is 10.7. The molecule has 0 unspecified atom stereocenters. The minimum atomic E-state index is -2.53. The molecule has 7 rings (SSSR count). The van der Waals surface area contributed by atoms with E-state index < -0.39 is 14.0 Å². The molecule has 0 fully saturated rings. The van der Waals surface area contributed by atoms with Gasteiger partial charge < -0.3 is 20.0 Å². The number of aryl methyl sites for hydroxylation is 1. The van der Waals surface area contributed by atoms with Gasteiger partial charge in [-0.2, -0.15) is 0 Å². The Balaban J connectivity index is 1.42. The van der Waals surface area contributed by atoms with E-state index in [1.54, 1.807) is 6.92 Å². The summed E-state index contributed by atoms with van der Waals surface area (Å²) in [4.78, 5) is 21.8. The van der Waals surface area contributed by atoms with Crippen molar-refractivity contribution in [2.45, 2.75) is 6.92 Å². The molecule has 0 amide bonds. The van der Waals surface area contributed by atoms with E-state index in [4.69, 9.17) is 8.22 Å². The van der Waals surface area contributed by atoms with Crippen molar-refractivity contribution >= 4 is 28.8 Å². The van der Waals surface area contributed by atoms with Crippen molar-refractivity contribution in [2.24, 2.45) is 0 Å². The van der Waals surface area contributed by atoms with Crippen molar-refractivity contribution in [3.8, 4) is 33.4 Å². The molecule has 2 aromatic heterocycles. The minimum Gasteiger partial charge on any atom is -0.368 e. The second-order valence-electron chi connectivity index (χ2n) is 10.7. The van der Waals surface area contributed by atoms with Crippen LogP contribution in [0.4, 0.5) is 28.8 Å². The highest BCUT2D eigenvalue weighted by Crippen LogP contribution is 2.44. The Morgan fingerprint density at radius 3 is 2.07 bits per heavy atom. The van der Waals surface area contributed by atoms with Crippen LogP contribution < -0.4 is 20.0 Å². The average Bonchev–Trinajstić information content (AvgIpc) is 3.53. The van der Waals surface area contributed by atoms with Crippen molar-refractivity contribution < 1.29 is 8.22 Å². The molecule has 1 aliphatic heterocycles. The van der Waals surface area contributed by atoms with E-state index in [0.29, 0.717) is 22.9 Å². The maximum absolute atomic E-state index is 8.32. The van der Waals surface area contributed by atoms with Crippen LogP contribution in [-0.4, -0.2) is 47.2 Å². The summed E-state index contributed by atoms with van der Waals surface area (Å²) in [5.74, 6) is 0.883. The highest BCUT2D eigenvalue weighted by molar-refractivity contribution is 5.96. The predicted molar refractivity (Wildman–Crippen MR) is 184 cm³/mol. The van der Waals surface area contributed by atoms with Gasteiger partial charge in [0.15, 0.2) is 17.5 Å². The van der Waals surface area contributed by atoms with Gasteiger partial charge in [-0.3, -0.25) is 4.98 Å². The van der Waals surface area contributed by atoms with E-state index in [9.17, 15) is 0 Å². The van der Waals surface area contributed by atoms with E-state index in [0.717, 1.165) is 33.4 Å². The lowest BCUT2D eigenvalue weighted by atomic mass is 9.87. The molecule has 6 aromatic rings. The lowest BCUT2D eigenvalue weighted by Crippen LogP contribution is -2.27. The van der Waals surface area contributed by atoms with Gasteiger partial charge in [0, 0.05) is 58.3 Å². The number of aromatic nitrogens is 4. The molecule has 0 aliphatic carbocycles. The van der Waals surface area contributed by atoms with Crippen LogP contribution in [0.1, 0.15) is 13.9 Å². The SMILES string of the molecule is [2H]C([2H])([2H])N(CNc1cc(-c2c(-c3ccccc3)cccc2-c2ccccc2)cc(N2CN(C([2H])([2H])[2H])c3nccnc32)c1)c1nccnc1C. The molecule has 1 aliphatic rings. The van der Waals surface area contributed by atoms with Crippen LogP contribution in [0.3, 0.4) is 0 Å². The molecule has 45 heavy (non-hydrogen) atoms. The van der Waals surface area contributed by atoms with Crippen LogP contribution in [0.25, 0.3) is 33.4 Å². The Bertz CT molecular complexity index is 2100. The molecule has 8 heteroatoms. The Morgan fingerprint density at radius 2 is 1.40 bits per heavy atom. The van der Waals surface area contributed by atoms with E-state index in [2.05, 4.69) is 61.7 Å². The monoisotopic (exact) mass is 596 g/mol. The summed E-state index contributed by atoms with van der Waals surface area (Å²) in [7, 11) is 0. The molecular weight excluding hydrogens is 556 g/mol. The molecule has 0 atom stereocenters. The smallest absolute Gasteiger partial charge is 0.178 e. The third-order valence-electron chi connectivity index (χ3n) is 7.76. The molecule has 0 bridgehead atoms. The van der Waals surface area contributed by atoms with E-state index in [1.165, 1.54) is 34.6 Å². The van der Waals surface area contributed by atoms with Crippen LogP contribution in [0, 0.1) is 6.92 Å². The van der Waals surface area contributed by atoms with Gasteiger partial charge in [0.25, 0.3) is 0 Å². The number of nitrogens with one attached hydrogen (secondary N) is 1. The van der Waals surface area contributed by atoms with Gasteiger partial charge in [-0.15, -0.1) is 0 Å². The fourth-order valence-corrected chi connectivity index (χ4v) is 5.69. The summed E-state index contributed by atoms with van der Waals surface area (Å²) in [5, 5.41) is 3.35. The van der Waals surface area contributed by atoms with Crippen molar-refractivity contribution in [2.75, 3.05) is 47.3 Å². The second kappa shape index (κ2) is 12.1.